The number of morpholine rings is 1. The Balaban J connectivity index is 1.17. The quantitative estimate of drug-likeness (QED) is 0.221. The number of aromatic amines is 1. The van der Waals surface area contributed by atoms with E-state index < -0.39 is 21.9 Å². The second-order valence-electron chi connectivity index (χ2n) is 12.2. The van der Waals surface area contributed by atoms with Crippen molar-refractivity contribution in [2.75, 3.05) is 74.3 Å². The van der Waals surface area contributed by atoms with E-state index in [1.807, 2.05) is 13.0 Å². The number of hydrogen-bond donors (Lipinski definition) is 3. The van der Waals surface area contributed by atoms with Gasteiger partial charge in [-0.3, -0.25) is 0 Å². The molecule has 0 amide bonds. The summed E-state index contributed by atoms with van der Waals surface area (Å²) in [5.41, 5.74) is 12.0. The Hall–Kier alpha value is -4.63. The molecule has 252 valence electrons. The van der Waals surface area contributed by atoms with Crippen LogP contribution < -0.4 is 20.3 Å². The number of H-pyrrole nitrogens is 1. The number of nitrogens with zero attached hydrogens (tertiary/aromatic N) is 5. The van der Waals surface area contributed by atoms with Gasteiger partial charge in [0.25, 0.3) is 0 Å². The standard InChI is InChI=1S/C34H38FN7O5S/c1-22-17-24(47-32-6-4-3-5-26(32)35)7-8-29(22)42-34(36)25(21-37-42)33(43)28-18-23-19-30(40-13-15-46-16-14-40)31(20-27(23)38-28)39-9-11-41(12-10-39)48(2,44)45/h3-8,17-21,33,38,43H,9-16,36H2,1-2H3. The maximum atomic E-state index is 14.1. The fourth-order valence-corrected chi connectivity index (χ4v) is 7.25. The van der Waals surface area contributed by atoms with Crippen molar-refractivity contribution in [3.63, 3.8) is 0 Å². The van der Waals surface area contributed by atoms with Gasteiger partial charge in [-0.05, 0) is 61.0 Å². The van der Waals surface area contributed by atoms with Gasteiger partial charge in [-0.15, -0.1) is 0 Å². The molecule has 2 aliphatic rings. The van der Waals surface area contributed by atoms with E-state index in [0.29, 0.717) is 62.1 Å². The summed E-state index contributed by atoms with van der Waals surface area (Å²) in [5, 5.41) is 17.0. The number of hydrogen-bond acceptors (Lipinski definition) is 9. The van der Waals surface area contributed by atoms with Crippen LogP contribution in [0.5, 0.6) is 11.5 Å². The van der Waals surface area contributed by atoms with E-state index in [9.17, 15) is 17.9 Å². The average molecular weight is 676 g/mol. The summed E-state index contributed by atoms with van der Waals surface area (Å²) < 4.78 is 52.8. The van der Waals surface area contributed by atoms with Gasteiger partial charge in [0.2, 0.25) is 10.0 Å². The van der Waals surface area contributed by atoms with Crippen LogP contribution in [0.2, 0.25) is 0 Å². The van der Waals surface area contributed by atoms with Crippen LogP contribution in [0, 0.1) is 12.7 Å². The number of aliphatic hydroxyl groups excluding tert-OH is 1. The highest BCUT2D eigenvalue weighted by Gasteiger charge is 2.28. The van der Waals surface area contributed by atoms with E-state index in [4.69, 9.17) is 15.2 Å². The summed E-state index contributed by atoms with van der Waals surface area (Å²) in [5.74, 6) is 0.432. The zero-order valence-corrected chi connectivity index (χ0v) is 27.6. The first-order valence-corrected chi connectivity index (χ1v) is 17.7. The van der Waals surface area contributed by atoms with Gasteiger partial charge >= 0.3 is 0 Å². The molecule has 5 aromatic rings. The number of piperazine rings is 1. The van der Waals surface area contributed by atoms with Crippen LogP contribution in [0.4, 0.5) is 21.6 Å². The van der Waals surface area contributed by atoms with Crippen molar-refractivity contribution >= 4 is 38.1 Å². The number of aliphatic hydroxyl groups is 1. The predicted molar refractivity (Wildman–Crippen MR) is 183 cm³/mol. The van der Waals surface area contributed by atoms with Gasteiger partial charge in [-0.25, -0.2) is 17.5 Å². The Bertz CT molecular complexity index is 2070. The number of sulfonamides is 1. The maximum Gasteiger partial charge on any atom is 0.211 e. The molecule has 12 nitrogen and oxygen atoms in total. The van der Waals surface area contributed by atoms with Crippen LogP contribution in [0.3, 0.4) is 0 Å². The average Bonchev–Trinajstić information content (AvgIpc) is 3.68. The van der Waals surface area contributed by atoms with Crippen molar-refractivity contribution in [3.8, 4) is 17.2 Å². The lowest BCUT2D eigenvalue weighted by atomic mass is 10.1. The van der Waals surface area contributed by atoms with E-state index in [2.05, 4.69) is 32.0 Å². The van der Waals surface area contributed by atoms with E-state index in [-0.39, 0.29) is 11.6 Å². The maximum absolute atomic E-state index is 14.1. The zero-order chi connectivity index (χ0) is 33.6. The SMILES string of the molecule is Cc1cc(Oc2ccccc2F)ccc1-n1ncc(C(O)c2cc3cc(N4CCOCC4)c(N4CCN(S(C)(=O)=O)CC4)cc3[nH]2)c1N. The molecule has 48 heavy (non-hydrogen) atoms. The normalized spacial score (nSPS) is 16.8. The first-order valence-electron chi connectivity index (χ1n) is 15.8. The summed E-state index contributed by atoms with van der Waals surface area (Å²) in [6, 6.07) is 17.6. The molecule has 14 heteroatoms. The van der Waals surface area contributed by atoms with Gasteiger partial charge < -0.3 is 35.1 Å². The molecular weight excluding hydrogens is 637 g/mol. The third-order valence-corrected chi connectivity index (χ3v) is 10.3. The number of anilines is 3. The number of ether oxygens (including phenoxy) is 2. The van der Waals surface area contributed by atoms with E-state index in [0.717, 1.165) is 40.9 Å². The first-order chi connectivity index (χ1) is 23.1. The summed E-state index contributed by atoms with van der Waals surface area (Å²) in [6.07, 6.45) is 1.72. The molecule has 2 aliphatic heterocycles. The third kappa shape index (κ3) is 6.19. The van der Waals surface area contributed by atoms with Crippen molar-refractivity contribution in [2.24, 2.45) is 0 Å². The lowest BCUT2D eigenvalue weighted by molar-refractivity contribution is 0.122. The number of nitrogens with two attached hydrogens (primary N) is 1. The van der Waals surface area contributed by atoms with Crippen molar-refractivity contribution in [1.82, 2.24) is 19.1 Å². The molecule has 4 N–H and O–H groups in total. The molecular formula is C34H38FN7O5S. The van der Waals surface area contributed by atoms with Gasteiger partial charge in [0.15, 0.2) is 11.6 Å². The van der Waals surface area contributed by atoms with Crippen LogP contribution in [0.15, 0.2) is 66.9 Å². The van der Waals surface area contributed by atoms with Crippen LogP contribution in [0.1, 0.15) is 22.9 Å². The van der Waals surface area contributed by atoms with Crippen LogP contribution in [-0.4, -0.2) is 91.3 Å². The molecule has 2 aromatic heterocycles. The van der Waals surface area contributed by atoms with Crippen LogP contribution in [0.25, 0.3) is 16.6 Å². The number of nitrogens with one attached hydrogen (secondary N) is 1. The number of halogens is 1. The Morgan fingerprint density at radius 3 is 2.38 bits per heavy atom. The summed E-state index contributed by atoms with van der Waals surface area (Å²) in [4.78, 5) is 7.91. The monoisotopic (exact) mass is 675 g/mol. The molecule has 0 saturated carbocycles. The van der Waals surface area contributed by atoms with Gasteiger partial charge in [0.05, 0.1) is 42.7 Å². The van der Waals surface area contributed by atoms with Crippen LogP contribution in [-0.2, 0) is 14.8 Å². The molecule has 1 atom stereocenters. The van der Waals surface area contributed by atoms with Crippen molar-refractivity contribution < 1.29 is 27.4 Å². The highest BCUT2D eigenvalue weighted by atomic mass is 32.2. The van der Waals surface area contributed by atoms with Crippen LogP contribution >= 0.6 is 0 Å². The fraction of sp³-hybridized carbons (Fsp3) is 0.324. The summed E-state index contributed by atoms with van der Waals surface area (Å²) in [6.45, 7) is 6.58. The van der Waals surface area contributed by atoms with Gasteiger partial charge in [0, 0.05) is 61.4 Å². The minimum Gasteiger partial charge on any atom is -0.454 e. The van der Waals surface area contributed by atoms with Crippen molar-refractivity contribution in [3.05, 3.63) is 89.5 Å². The third-order valence-electron chi connectivity index (χ3n) is 9.02. The second-order valence-corrected chi connectivity index (χ2v) is 14.2. The molecule has 4 heterocycles. The second kappa shape index (κ2) is 12.8. The smallest absolute Gasteiger partial charge is 0.211 e. The Morgan fingerprint density at radius 1 is 0.958 bits per heavy atom. The van der Waals surface area contributed by atoms with E-state index in [1.165, 1.54) is 16.6 Å². The number of rotatable bonds is 8. The van der Waals surface area contributed by atoms with E-state index >= 15 is 0 Å². The molecule has 2 fully saturated rings. The van der Waals surface area contributed by atoms with Gasteiger partial charge in [-0.1, -0.05) is 12.1 Å². The van der Waals surface area contributed by atoms with Gasteiger partial charge in [0.1, 0.15) is 17.7 Å². The Kier molecular flexibility index (Phi) is 8.50. The molecule has 2 saturated heterocycles. The number of aromatic nitrogens is 3. The van der Waals surface area contributed by atoms with E-state index in [1.54, 1.807) is 47.3 Å². The Labute approximate surface area is 278 Å². The predicted octanol–water partition coefficient (Wildman–Crippen LogP) is 4.18. The largest absolute Gasteiger partial charge is 0.454 e. The molecule has 0 radical (unpaired) electrons. The molecule has 0 aliphatic carbocycles. The van der Waals surface area contributed by atoms with Crippen molar-refractivity contribution in [2.45, 2.75) is 13.0 Å². The summed E-state index contributed by atoms with van der Waals surface area (Å²) in [7, 11) is -3.26. The highest BCUT2D eigenvalue weighted by molar-refractivity contribution is 7.88. The number of para-hydroxylation sites is 1. The minimum atomic E-state index is -3.26. The molecule has 0 bridgehead atoms. The topological polar surface area (TPSA) is 142 Å². The number of fused-ring (bicyclic) bond motifs is 1. The lowest BCUT2D eigenvalue weighted by Gasteiger charge is -2.38. The first kappa shape index (κ1) is 31.9. The number of aryl methyl sites for hydroxylation is 1. The lowest BCUT2D eigenvalue weighted by Crippen LogP contribution is -2.49. The highest BCUT2D eigenvalue weighted by Crippen LogP contribution is 2.38. The van der Waals surface area contributed by atoms with Crippen molar-refractivity contribution in [1.29, 1.82) is 0 Å². The molecule has 3 aromatic carbocycles. The molecule has 7 rings (SSSR count). The fourth-order valence-electron chi connectivity index (χ4n) is 6.42. The zero-order valence-electron chi connectivity index (χ0n) is 26.8. The number of benzene rings is 3. The Morgan fingerprint density at radius 2 is 1.67 bits per heavy atom. The van der Waals surface area contributed by atoms with Gasteiger partial charge in [-0.2, -0.15) is 9.40 Å². The number of nitrogen functional groups attached to an aromatic ring is 1. The minimum absolute atomic E-state index is 0.130. The molecule has 1 unspecified atom stereocenters. The summed E-state index contributed by atoms with van der Waals surface area (Å²) >= 11 is 0. The molecule has 0 spiro atoms.